The summed E-state index contributed by atoms with van der Waals surface area (Å²) in [5.41, 5.74) is 1.97. The third-order valence-electron chi connectivity index (χ3n) is 5.82. The van der Waals surface area contributed by atoms with Gasteiger partial charge in [0.15, 0.2) is 5.40 Å². The van der Waals surface area contributed by atoms with Crippen molar-refractivity contribution in [3.8, 4) is 11.5 Å². The van der Waals surface area contributed by atoms with E-state index in [0.717, 1.165) is 24.0 Å². The first kappa shape index (κ1) is 28.1. The van der Waals surface area contributed by atoms with Gasteiger partial charge in [-0.1, -0.05) is 32.0 Å². The average molecular weight is 515 g/mol. The third kappa shape index (κ3) is 7.40. The van der Waals surface area contributed by atoms with Gasteiger partial charge in [-0.25, -0.2) is 0 Å². The number of hydrogen-bond donors (Lipinski definition) is 7. The van der Waals surface area contributed by atoms with E-state index in [9.17, 15) is 43.7 Å². The number of hydrogen-bond acceptors (Lipinski definition) is 5. The second-order valence-corrected chi connectivity index (χ2v) is 12.2. The van der Waals surface area contributed by atoms with Gasteiger partial charge in [-0.05, 0) is 66.5 Å². The van der Waals surface area contributed by atoms with Crippen LogP contribution >= 0.6 is 15.2 Å². The maximum Gasteiger partial charge on any atom is 0.340 e. The molecule has 0 saturated heterocycles. The van der Waals surface area contributed by atoms with E-state index in [2.05, 4.69) is 5.32 Å². The Morgan fingerprint density at radius 3 is 1.85 bits per heavy atom. The van der Waals surface area contributed by atoms with E-state index in [0.29, 0.717) is 0 Å². The highest BCUT2D eigenvalue weighted by molar-refractivity contribution is 7.70. The van der Waals surface area contributed by atoms with Crippen LogP contribution < -0.4 is 5.32 Å². The SMILES string of the molecule is CCC(c1ccc(O)cc1)C(CC)c1ccc(O)c(NC(=O)CCC(P(=O)(O)O)P(=O)(O)O)c1. The highest BCUT2D eigenvalue weighted by atomic mass is 31.2. The number of phenolic OH excluding ortho intramolecular Hbond substituents is 2. The molecule has 2 rings (SSSR count). The summed E-state index contributed by atoms with van der Waals surface area (Å²) >= 11 is 0. The van der Waals surface area contributed by atoms with E-state index >= 15 is 0 Å². The van der Waals surface area contributed by atoms with Crippen molar-refractivity contribution in [1.82, 2.24) is 0 Å². The topological polar surface area (TPSA) is 185 Å². The van der Waals surface area contributed by atoms with Crippen molar-refractivity contribution in [2.24, 2.45) is 0 Å². The van der Waals surface area contributed by atoms with E-state index in [1.807, 2.05) is 26.0 Å². The number of benzene rings is 2. The second-order valence-electron chi connectivity index (χ2n) is 8.14. The molecule has 188 valence electrons. The van der Waals surface area contributed by atoms with Crippen LogP contribution in [0.4, 0.5) is 5.69 Å². The highest BCUT2D eigenvalue weighted by Crippen LogP contribution is 2.61. The first-order chi connectivity index (χ1) is 15.8. The molecule has 0 fully saturated rings. The molecule has 0 radical (unpaired) electrons. The van der Waals surface area contributed by atoms with Crippen molar-refractivity contribution in [3.05, 3.63) is 53.6 Å². The molecule has 12 heteroatoms. The molecule has 0 saturated carbocycles. The van der Waals surface area contributed by atoms with E-state index < -0.39 is 39.3 Å². The minimum absolute atomic E-state index is 0.0273. The molecule has 2 unspecified atom stereocenters. The van der Waals surface area contributed by atoms with Gasteiger partial charge in [-0.15, -0.1) is 0 Å². The molecule has 0 aliphatic rings. The summed E-state index contributed by atoms with van der Waals surface area (Å²) in [4.78, 5) is 49.2. The third-order valence-corrected chi connectivity index (χ3v) is 9.69. The lowest BCUT2D eigenvalue weighted by Gasteiger charge is -2.27. The number of carbonyl (C=O) groups is 1. The molecule has 0 aliphatic heterocycles. The van der Waals surface area contributed by atoms with Gasteiger partial charge in [-0.3, -0.25) is 13.9 Å². The van der Waals surface area contributed by atoms with Crippen molar-refractivity contribution in [2.45, 2.75) is 56.8 Å². The zero-order valence-electron chi connectivity index (χ0n) is 18.9. The number of carbonyl (C=O) groups excluding carboxylic acids is 1. The van der Waals surface area contributed by atoms with Crippen LogP contribution in [0.2, 0.25) is 0 Å². The van der Waals surface area contributed by atoms with Crippen LogP contribution in [0.5, 0.6) is 11.5 Å². The van der Waals surface area contributed by atoms with E-state index in [4.69, 9.17) is 0 Å². The Hall–Kier alpha value is -2.19. The van der Waals surface area contributed by atoms with Crippen LogP contribution in [-0.4, -0.2) is 41.1 Å². The lowest BCUT2D eigenvalue weighted by Crippen LogP contribution is -2.17. The number of anilines is 1. The lowest BCUT2D eigenvalue weighted by molar-refractivity contribution is -0.116. The second kappa shape index (κ2) is 11.5. The number of amides is 1. The van der Waals surface area contributed by atoms with Crippen LogP contribution in [0.1, 0.15) is 62.5 Å². The fourth-order valence-electron chi connectivity index (χ4n) is 4.12. The quantitative estimate of drug-likeness (QED) is 0.170. The highest BCUT2D eigenvalue weighted by Gasteiger charge is 2.43. The summed E-state index contributed by atoms with van der Waals surface area (Å²) in [7, 11) is -10.3. The Balaban J connectivity index is 2.23. The number of nitrogens with one attached hydrogen (secondary N) is 1. The molecule has 2 atom stereocenters. The van der Waals surface area contributed by atoms with E-state index in [1.54, 1.807) is 24.3 Å². The number of rotatable bonds is 11. The van der Waals surface area contributed by atoms with Gasteiger partial charge >= 0.3 is 15.2 Å². The normalized spacial score (nSPS) is 14.1. The minimum atomic E-state index is -5.13. The summed E-state index contributed by atoms with van der Waals surface area (Å²) < 4.78 is 22.8. The largest absolute Gasteiger partial charge is 0.508 e. The maximum atomic E-state index is 12.4. The number of phenols is 2. The first-order valence-electron chi connectivity index (χ1n) is 10.8. The van der Waals surface area contributed by atoms with Crippen molar-refractivity contribution in [1.29, 1.82) is 0 Å². The summed E-state index contributed by atoms with van der Waals surface area (Å²) in [6, 6.07) is 11.8. The molecule has 0 bridgehead atoms. The monoisotopic (exact) mass is 515 g/mol. The molecule has 0 aliphatic carbocycles. The van der Waals surface area contributed by atoms with Crippen LogP contribution in [0.15, 0.2) is 42.5 Å². The predicted molar refractivity (Wildman–Crippen MR) is 128 cm³/mol. The van der Waals surface area contributed by atoms with Crippen molar-refractivity contribution in [3.63, 3.8) is 0 Å². The van der Waals surface area contributed by atoms with Gasteiger partial charge in [0.2, 0.25) is 5.91 Å². The van der Waals surface area contributed by atoms with Gasteiger partial charge in [0.05, 0.1) is 5.69 Å². The number of aromatic hydroxyl groups is 2. The summed E-state index contributed by atoms with van der Waals surface area (Å²) in [6.07, 6.45) is 0.270. The zero-order valence-corrected chi connectivity index (χ0v) is 20.7. The molecule has 7 N–H and O–H groups in total. The molecular weight excluding hydrogens is 484 g/mol. The van der Waals surface area contributed by atoms with Gasteiger partial charge in [0.1, 0.15) is 11.5 Å². The molecule has 2 aromatic rings. The first-order valence-corrected chi connectivity index (χ1v) is 14.2. The Morgan fingerprint density at radius 2 is 1.35 bits per heavy atom. The Labute approximate surface area is 198 Å². The molecule has 0 spiro atoms. The predicted octanol–water partition coefficient (Wildman–Crippen LogP) is 4.19. The van der Waals surface area contributed by atoms with Crippen molar-refractivity contribution in [2.75, 3.05) is 5.32 Å². The zero-order chi connectivity index (χ0) is 25.7. The minimum Gasteiger partial charge on any atom is -0.508 e. The smallest absolute Gasteiger partial charge is 0.340 e. The molecular formula is C22H31NO9P2. The molecule has 34 heavy (non-hydrogen) atoms. The summed E-state index contributed by atoms with van der Waals surface area (Å²) in [5, 5.41) is 20.0. The fraction of sp³-hybridized carbons (Fsp3) is 0.409. The van der Waals surface area contributed by atoms with Crippen molar-refractivity contribution >= 4 is 26.8 Å². The Bertz CT molecular complexity index is 1060. The molecule has 0 heterocycles. The van der Waals surface area contributed by atoms with Crippen LogP contribution in [0.25, 0.3) is 0 Å². The Morgan fingerprint density at radius 1 is 0.853 bits per heavy atom. The lowest BCUT2D eigenvalue weighted by atomic mass is 9.78. The van der Waals surface area contributed by atoms with E-state index in [-0.39, 0.29) is 29.0 Å². The van der Waals surface area contributed by atoms with Gasteiger partial charge in [0.25, 0.3) is 0 Å². The maximum absolute atomic E-state index is 12.4. The Kier molecular flexibility index (Phi) is 9.48. The molecule has 1 amide bonds. The van der Waals surface area contributed by atoms with Crippen LogP contribution in [-0.2, 0) is 13.9 Å². The average Bonchev–Trinajstić information content (AvgIpc) is 2.72. The van der Waals surface area contributed by atoms with Crippen molar-refractivity contribution < 1.29 is 43.7 Å². The molecule has 0 aromatic heterocycles. The summed E-state index contributed by atoms with van der Waals surface area (Å²) in [6.45, 7) is 4.06. The van der Waals surface area contributed by atoms with Gasteiger partial charge in [-0.2, -0.15) is 0 Å². The summed E-state index contributed by atoms with van der Waals surface area (Å²) in [5.74, 6) is -0.671. The van der Waals surface area contributed by atoms with Gasteiger partial charge < -0.3 is 35.1 Å². The fourth-order valence-corrected chi connectivity index (χ4v) is 6.61. The van der Waals surface area contributed by atoms with Gasteiger partial charge in [0, 0.05) is 6.42 Å². The van der Waals surface area contributed by atoms with Crippen LogP contribution in [0, 0.1) is 0 Å². The van der Waals surface area contributed by atoms with Crippen LogP contribution in [0.3, 0.4) is 0 Å². The van der Waals surface area contributed by atoms with E-state index in [1.165, 1.54) is 6.07 Å². The molecule has 10 nitrogen and oxygen atoms in total. The standard InChI is InChI=1S/C22H31NO9P2/c1-3-17(14-5-8-16(24)9-6-14)18(4-2)15-7-10-20(25)19(13-15)23-21(26)11-12-22(33(27,28)29)34(30,31)32/h5-10,13,17-18,22,24-25H,3-4,11-12H2,1-2H3,(H,23,26)(H2,27,28,29)(H2,30,31,32). The molecule has 2 aromatic carbocycles.